The van der Waals surface area contributed by atoms with Crippen LogP contribution in [0.4, 0.5) is 5.69 Å². The Labute approximate surface area is 96.3 Å². The molecule has 0 unspecified atom stereocenters. The average Bonchev–Trinajstić information content (AvgIpc) is 2.11. The first kappa shape index (κ1) is 12.3. The maximum Gasteiger partial charge on any atom is 0.0656 e. The van der Waals surface area contributed by atoms with E-state index < -0.39 is 0 Å². The predicted molar refractivity (Wildman–Crippen MR) is 65.7 cm³/mol. The lowest BCUT2D eigenvalue weighted by Crippen LogP contribution is -2.35. The van der Waals surface area contributed by atoms with E-state index in [4.69, 9.17) is 11.6 Å². The molecule has 2 nitrogen and oxygen atoms in total. The summed E-state index contributed by atoms with van der Waals surface area (Å²) in [7, 11) is 0. The van der Waals surface area contributed by atoms with E-state index in [0.29, 0.717) is 5.02 Å². The quantitative estimate of drug-likeness (QED) is 0.832. The minimum atomic E-state index is -0.357. The van der Waals surface area contributed by atoms with Crippen LogP contribution in [0.3, 0.4) is 0 Å². The Morgan fingerprint density at radius 3 is 2.40 bits per heavy atom. The van der Waals surface area contributed by atoms with Crippen LogP contribution in [0, 0.1) is 13.8 Å². The van der Waals surface area contributed by atoms with Crippen molar-refractivity contribution in [1.82, 2.24) is 0 Å². The lowest BCUT2D eigenvalue weighted by atomic mass is 10.0. The molecule has 0 spiro atoms. The lowest BCUT2D eigenvalue weighted by molar-refractivity contribution is 0.234. The zero-order valence-corrected chi connectivity index (χ0v) is 10.4. The summed E-state index contributed by atoms with van der Waals surface area (Å²) in [4.78, 5) is 0. The van der Waals surface area contributed by atoms with Crippen molar-refractivity contribution in [2.24, 2.45) is 0 Å². The Bertz CT molecular complexity index is 338. The van der Waals surface area contributed by atoms with E-state index in [1.54, 1.807) is 0 Å². The fourth-order valence-corrected chi connectivity index (χ4v) is 1.82. The van der Waals surface area contributed by atoms with E-state index >= 15 is 0 Å². The summed E-state index contributed by atoms with van der Waals surface area (Å²) in [5.74, 6) is 0. The number of aliphatic hydroxyl groups excluding tert-OH is 1. The van der Waals surface area contributed by atoms with Crippen molar-refractivity contribution in [3.8, 4) is 0 Å². The van der Waals surface area contributed by atoms with Crippen LogP contribution in [0.2, 0.25) is 5.02 Å². The molecule has 0 amide bonds. The predicted octanol–water partition coefficient (Wildman–Crippen LogP) is 3.14. The molecule has 84 valence electrons. The Morgan fingerprint density at radius 2 is 1.93 bits per heavy atom. The smallest absolute Gasteiger partial charge is 0.0656 e. The van der Waals surface area contributed by atoms with E-state index in [1.807, 2.05) is 33.8 Å². The molecule has 15 heavy (non-hydrogen) atoms. The van der Waals surface area contributed by atoms with Crippen LogP contribution >= 0.6 is 11.6 Å². The standard InChI is InChI=1S/C12H18ClNO/c1-8-5-9(2)11(10(13)6-8)14-12(3,4)7-15/h5-6,14-15H,7H2,1-4H3. The van der Waals surface area contributed by atoms with Gasteiger partial charge in [-0.1, -0.05) is 17.7 Å². The molecule has 0 radical (unpaired) electrons. The fraction of sp³-hybridized carbons (Fsp3) is 0.500. The number of hydrogen-bond donors (Lipinski definition) is 2. The zero-order chi connectivity index (χ0) is 11.6. The Morgan fingerprint density at radius 1 is 1.33 bits per heavy atom. The van der Waals surface area contributed by atoms with Crippen molar-refractivity contribution in [1.29, 1.82) is 0 Å². The van der Waals surface area contributed by atoms with Gasteiger partial charge in [-0.05, 0) is 44.9 Å². The summed E-state index contributed by atoms with van der Waals surface area (Å²) in [6.07, 6.45) is 0. The molecule has 1 aromatic rings. The van der Waals surface area contributed by atoms with E-state index in [9.17, 15) is 5.11 Å². The Balaban J connectivity index is 3.05. The molecule has 0 aromatic heterocycles. The normalized spacial score (nSPS) is 11.6. The molecule has 2 N–H and O–H groups in total. The van der Waals surface area contributed by atoms with Crippen LogP contribution in [0.15, 0.2) is 12.1 Å². The molecule has 0 saturated carbocycles. The van der Waals surface area contributed by atoms with Gasteiger partial charge in [0.05, 0.1) is 22.9 Å². The topological polar surface area (TPSA) is 32.3 Å². The third-order valence-electron chi connectivity index (χ3n) is 2.29. The lowest BCUT2D eigenvalue weighted by Gasteiger charge is -2.27. The minimum absolute atomic E-state index is 0.0661. The van der Waals surface area contributed by atoms with E-state index in [-0.39, 0.29) is 12.1 Å². The molecular weight excluding hydrogens is 210 g/mol. The van der Waals surface area contributed by atoms with Crippen LogP contribution < -0.4 is 5.32 Å². The van der Waals surface area contributed by atoms with Crippen molar-refractivity contribution in [3.63, 3.8) is 0 Å². The average molecular weight is 228 g/mol. The van der Waals surface area contributed by atoms with Gasteiger partial charge in [0.25, 0.3) is 0 Å². The molecule has 3 heteroatoms. The molecule has 0 heterocycles. The fourth-order valence-electron chi connectivity index (χ4n) is 1.45. The highest BCUT2D eigenvalue weighted by Crippen LogP contribution is 2.29. The molecule has 0 fully saturated rings. The van der Waals surface area contributed by atoms with Crippen LogP contribution in [0.1, 0.15) is 25.0 Å². The first-order chi connectivity index (χ1) is 6.85. The van der Waals surface area contributed by atoms with Gasteiger partial charge < -0.3 is 10.4 Å². The van der Waals surface area contributed by atoms with Crippen molar-refractivity contribution in [2.45, 2.75) is 33.2 Å². The second-order valence-corrected chi connectivity index (χ2v) is 5.01. The minimum Gasteiger partial charge on any atom is -0.394 e. The van der Waals surface area contributed by atoms with Crippen LogP contribution in [0.25, 0.3) is 0 Å². The number of rotatable bonds is 3. The maximum absolute atomic E-state index is 9.19. The highest BCUT2D eigenvalue weighted by molar-refractivity contribution is 6.33. The number of anilines is 1. The summed E-state index contributed by atoms with van der Waals surface area (Å²) in [5.41, 5.74) is 2.79. The largest absolute Gasteiger partial charge is 0.394 e. The second-order valence-electron chi connectivity index (χ2n) is 4.61. The third kappa shape index (κ3) is 3.11. The van der Waals surface area contributed by atoms with Crippen molar-refractivity contribution in [2.75, 3.05) is 11.9 Å². The van der Waals surface area contributed by atoms with Gasteiger partial charge >= 0.3 is 0 Å². The second kappa shape index (κ2) is 4.42. The molecule has 0 atom stereocenters. The van der Waals surface area contributed by atoms with Gasteiger partial charge in [-0.3, -0.25) is 0 Å². The SMILES string of the molecule is Cc1cc(C)c(NC(C)(C)CO)c(Cl)c1. The number of nitrogens with one attached hydrogen (secondary N) is 1. The molecule has 1 aromatic carbocycles. The summed E-state index contributed by atoms with van der Waals surface area (Å²) in [5, 5.41) is 13.1. The van der Waals surface area contributed by atoms with Gasteiger partial charge in [0.15, 0.2) is 0 Å². The highest BCUT2D eigenvalue weighted by atomic mass is 35.5. The maximum atomic E-state index is 9.19. The van der Waals surface area contributed by atoms with Gasteiger partial charge in [0.2, 0.25) is 0 Å². The Hall–Kier alpha value is -0.730. The molecule has 0 saturated heterocycles. The van der Waals surface area contributed by atoms with Gasteiger partial charge in [-0.25, -0.2) is 0 Å². The molecule has 0 aliphatic carbocycles. The van der Waals surface area contributed by atoms with E-state index in [0.717, 1.165) is 16.8 Å². The summed E-state index contributed by atoms with van der Waals surface area (Å²) in [6.45, 7) is 7.95. The van der Waals surface area contributed by atoms with Gasteiger partial charge in [-0.15, -0.1) is 0 Å². The summed E-state index contributed by atoms with van der Waals surface area (Å²) in [6, 6.07) is 3.99. The molecule has 0 aliphatic heterocycles. The van der Waals surface area contributed by atoms with Crippen LogP contribution in [0.5, 0.6) is 0 Å². The van der Waals surface area contributed by atoms with Gasteiger partial charge in [0, 0.05) is 0 Å². The van der Waals surface area contributed by atoms with Crippen LogP contribution in [-0.4, -0.2) is 17.3 Å². The van der Waals surface area contributed by atoms with Crippen LogP contribution in [-0.2, 0) is 0 Å². The number of hydrogen-bond acceptors (Lipinski definition) is 2. The monoisotopic (exact) mass is 227 g/mol. The molecule has 0 bridgehead atoms. The van der Waals surface area contributed by atoms with Gasteiger partial charge in [-0.2, -0.15) is 0 Å². The Kier molecular flexibility index (Phi) is 3.63. The zero-order valence-electron chi connectivity index (χ0n) is 9.69. The van der Waals surface area contributed by atoms with Crippen molar-refractivity contribution in [3.05, 3.63) is 28.3 Å². The number of aliphatic hydroxyl groups is 1. The highest BCUT2D eigenvalue weighted by Gasteiger charge is 2.18. The van der Waals surface area contributed by atoms with Gasteiger partial charge in [0.1, 0.15) is 0 Å². The van der Waals surface area contributed by atoms with Crippen molar-refractivity contribution < 1.29 is 5.11 Å². The first-order valence-corrected chi connectivity index (χ1v) is 5.39. The molecule has 0 aliphatic rings. The first-order valence-electron chi connectivity index (χ1n) is 5.01. The number of aryl methyl sites for hydroxylation is 2. The summed E-state index contributed by atoms with van der Waals surface area (Å²) < 4.78 is 0. The number of halogens is 1. The summed E-state index contributed by atoms with van der Waals surface area (Å²) >= 11 is 6.15. The number of benzene rings is 1. The molecule has 1 rings (SSSR count). The third-order valence-corrected chi connectivity index (χ3v) is 2.59. The van der Waals surface area contributed by atoms with Crippen molar-refractivity contribution >= 4 is 17.3 Å². The van der Waals surface area contributed by atoms with E-state index in [2.05, 4.69) is 11.4 Å². The molecular formula is C12H18ClNO. The van der Waals surface area contributed by atoms with E-state index in [1.165, 1.54) is 0 Å².